The number of piperidine rings is 1. The average molecular weight is 416 g/mol. The van der Waals surface area contributed by atoms with Crippen LogP contribution in [0.2, 0.25) is 0 Å². The Labute approximate surface area is 176 Å². The summed E-state index contributed by atoms with van der Waals surface area (Å²) < 4.78 is 4.86. The Balaban J connectivity index is 1.75. The van der Waals surface area contributed by atoms with Gasteiger partial charge < -0.3 is 4.74 Å². The number of methoxy groups -OCH3 is 1. The summed E-state index contributed by atoms with van der Waals surface area (Å²) in [6, 6.07) is 4.19. The summed E-state index contributed by atoms with van der Waals surface area (Å²) in [5, 5.41) is 2.73. The van der Waals surface area contributed by atoms with Crippen LogP contribution in [0.15, 0.2) is 17.5 Å². The molecule has 1 aliphatic rings. The number of amides is 1. The lowest BCUT2D eigenvalue weighted by Crippen LogP contribution is -2.36. The topological polar surface area (TPSA) is 62.7 Å². The Kier molecular flexibility index (Phi) is 6.70. The fourth-order valence-electron chi connectivity index (χ4n) is 4.11. The number of nitrogens with zero attached hydrogens (tertiary/aromatic N) is 3. The molecule has 3 rings (SSSR count). The van der Waals surface area contributed by atoms with Crippen molar-refractivity contribution in [3.8, 4) is 0 Å². The molecular formula is C22H29N3O3S. The summed E-state index contributed by atoms with van der Waals surface area (Å²) in [5.41, 5.74) is 5.19. The minimum atomic E-state index is -0.110. The number of aromatic nitrogens is 1. The summed E-state index contributed by atoms with van der Waals surface area (Å²) in [5.74, 6) is -0.149. The number of likely N-dealkylation sites (tertiary alicyclic amines) is 1. The van der Waals surface area contributed by atoms with Crippen LogP contribution < -0.4 is 4.90 Å². The van der Waals surface area contributed by atoms with Crippen molar-refractivity contribution < 1.29 is 14.3 Å². The van der Waals surface area contributed by atoms with Gasteiger partial charge in [0.25, 0.3) is 0 Å². The van der Waals surface area contributed by atoms with E-state index in [-0.39, 0.29) is 17.8 Å². The predicted octanol–water partition coefficient (Wildman–Crippen LogP) is 4.14. The van der Waals surface area contributed by atoms with Crippen molar-refractivity contribution >= 4 is 34.0 Å². The zero-order chi connectivity index (χ0) is 21.1. The summed E-state index contributed by atoms with van der Waals surface area (Å²) in [6.07, 6.45) is 1.62. The first kappa shape index (κ1) is 21.5. The lowest BCUT2D eigenvalue weighted by Gasteiger charge is -2.30. The van der Waals surface area contributed by atoms with E-state index in [0.717, 1.165) is 55.0 Å². The molecule has 0 N–H and O–H groups in total. The molecule has 0 aliphatic carbocycles. The van der Waals surface area contributed by atoms with E-state index in [1.807, 2.05) is 19.2 Å². The van der Waals surface area contributed by atoms with Crippen LogP contribution in [0, 0.1) is 26.7 Å². The number of carbonyl (C=O) groups is 2. The van der Waals surface area contributed by atoms with Gasteiger partial charge in [0.1, 0.15) is 0 Å². The molecule has 1 aromatic heterocycles. The van der Waals surface area contributed by atoms with Gasteiger partial charge in [-0.1, -0.05) is 17.7 Å². The number of rotatable bonds is 5. The van der Waals surface area contributed by atoms with E-state index in [1.165, 1.54) is 24.0 Å². The van der Waals surface area contributed by atoms with Gasteiger partial charge in [-0.15, -0.1) is 11.3 Å². The number of benzene rings is 1. The minimum absolute atomic E-state index is 0.00272. The zero-order valence-electron chi connectivity index (χ0n) is 17.8. The highest BCUT2D eigenvalue weighted by atomic mass is 32.1. The molecule has 1 saturated heterocycles. The van der Waals surface area contributed by atoms with Gasteiger partial charge in [-0.05, 0) is 57.8 Å². The van der Waals surface area contributed by atoms with Gasteiger partial charge in [-0.3, -0.25) is 19.4 Å². The van der Waals surface area contributed by atoms with E-state index >= 15 is 0 Å². The molecule has 1 fully saturated rings. The van der Waals surface area contributed by atoms with E-state index < -0.39 is 0 Å². The molecule has 1 aliphatic heterocycles. The molecule has 0 bridgehead atoms. The fourth-order valence-corrected chi connectivity index (χ4v) is 4.97. The van der Waals surface area contributed by atoms with E-state index in [2.05, 4.69) is 24.0 Å². The molecule has 7 heteroatoms. The molecule has 0 unspecified atom stereocenters. The first-order chi connectivity index (χ1) is 13.8. The van der Waals surface area contributed by atoms with E-state index in [1.54, 1.807) is 11.8 Å². The lowest BCUT2D eigenvalue weighted by molar-refractivity contribution is -0.147. The summed E-state index contributed by atoms with van der Waals surface area (Å²) in [4.78, 5) is 33.0. The normalized spacial score (nSPS) is 15.3. The predicted molar refractivity (Wildman–Crippen MR) is 116 cm³/mol. The molecule has 6 nitrogen and oxygen atoms in total. The van der Waals surface area contributed by atoms with E-state index in [9.17, 15) is 9.59 Å². The standard InChI is InChI=1S/C22H29N3O3S/c1-14-10-15(2)20(16(3)11-14)25(17(4)26)22-23-19(13-29-22)12-24-8-6-18(7-9-24)21(27)28-5/h10-11,13,18H,6-9,12H2,1-5H3. The van der Waals surface area contributed by atoms with Crippen LogP contribution in [0.25, 0.3) is 0 Å². The number of thiazole rings is 1. The Bertz CT molecular complexity index is 877. The number of esters is 1. The van der Waals surface area contributed by atoms with Crippen molar-refractivity contribution in [3.63, 3.8) is 0 Å². The van der Waals surface area contributed by atoms with Crippen molar-refractivity contribution in [1.29, 1.82) is 0 Å². The van der Waals surface area contributed by atoms with Gasteiger partial charge in [-0.2, -0.15) is 0 Å². The maximum atomic E-state index is 12.5. The molecule has 2 heterocycles. The van der Waals surface area contributed by atoms with Crippen molar-refractivity contribution in [2.75, 3.05) is 25.1 Å². The van der Waals surface area contributed by atoms with Gasteiger partial charge >= 0.3 is 5.97 Å². The highest BCUT2D eigenvalue weighted by Gasteiger charge is 2.27. The number of anilines is 2. The minimum Gasteiger partial charge on any atom is -0.469 e. The van der Waals surface area contributed by atoms with Gasteiger partial charge in [0, 0.05) is 18.8 Å². The Hall–Kier alpha value is -2.25. The smallest absolute Gasteiger partial charge is 0.308 e. The zero-order valence-corrected chi connectivity index (χ0v) is 18.6. The molecule has 0 saturated carbocycles. The average Bonchev–Trinajstić information content (AvgIpc) is 3.12. The van der Waals surface area contributed by atoms with Gasteiger partial charge in [0.05, 0.1) is 24.4 Å². The van der Waals surface area contributed by atoms with Crippen LogP contribution in [0.4, 0.5) is 10.8 Å². The van der Waals surface area contributed by atoms with Crippen LogP contribution in [-0.4, -0.2) is 42.0 Å². The highest BCUT2D eigenvalue weighted by molar-refractivity contribution is 7.14. The van der Waals surface area contributed by atoms with E-state index in [4.69, 9.17) is 9.72 Å². The number of carbonyl (C=O) groups excluding carboxylic acids is 2. The number of aryl methyl sites for hydroxylation is 3. The van der Waals surface area contributed by atoms with Gasteiger partial charge in [-0.25, -0.2) is 4.98 Å². The largest absolute Gasteiger partial charge is 0.469 e. The number of hydrogen-bond donors (Lipinski definition) is 0. The van der Waals surface area contributed by atoms with Gasteiger partial charge in [0.2, 0.25) is 5.91 Å². The maximum absolute atomic E-state index is 12.5. The molecule has 0 spiro atoms. The third-order valence-corrected chi connectivity index (χ3v) is 6.29. The molecule has 29 heavy (non-hydrogen) atoms. The van der Waals surface area contributed by atoms with Crippen LogP contribution in [-0.2, 0) is 20.9 Å². The molecular weight excluding hydrogens is 386 g/mol. The monoisotopic (exact) mass is 415 g/mol. The summed E-state index contributed by atoms with van der Waals surface area (Å²) in [6.45, 7) is 10.1. The van der Waals surface area contributed by atoms with Crippen molar-refractivity contribution in [3.05, 3.63) is 39.9 Å². The van der Waals surface area contributed by atoms with Crippen molar-refractivity contribution in [1.82, 2.24) is 9.88 Å². The SMILES string of the molecule is COC(=O)C1CCN(Cc2csc(N(C(C)=O)c3c(C)cc(C)cc3C)n2)CC1. The molecule has 0 radical (unpaired) electrons. The second kappa shape index (κ2) is 9.05. The maximum Gasteiger partial charge on any atom is 0.308 e. The van der Waals surface area contributed by atoms with Crippen LogP contribution in [0.3, 0.4) is 0 Å². The number of ether oxygens (including phenoxy) is 1. The summed E-state index contributed by atoms with van der Waals surface area (Å²) in [7, 11) is 1.45. The second-order valence-electron chi connectivity index (χ2n) is 7.80. The first-order valence-corrected chi connectivity index (χ1v) is 10.8. The Morgan fingerprint density at radius 1 is 1.21 bits per heavy atom. The van der Waals surface area contributed by atoms with Gasteiger partial charge in [0.15, 0.2) is 5.13 Å². The summed E-state index contributed by atoms with van der Waals surface area (Å²) >= 11 is 1.49. The molecule has 1 aromatic carbocycles. The molecule has 156 valence electrons. The molecule has 0 atom stereocenters. The van der Waals surface area contributed by atoms with Crippen LogP contribution >= 0.6 is 11.3 Å². The van der Waals surface area contributed by atoms with Crippen LogP contribution in [0.5, 0.6) is 0 Å². The molecule has 2 aromatic rings. The first-order valence-electron chi connectivity index (χ1n) is 9.93. The van der Waals surface area contributed by atoms with Crippen LogP contribution in [0.1, 0.15) is 42.1 Å². The second-order valence-corrected chi connectivity index (χ2v) is 8.63. The third kappa shape index (κ3) is 4.85. The molecule has 1 amide bonds. The lowest BCUT2D eigenvalue weighted by atomic mass is 9.97. The number of hydrogen-bond acceptors (Lipinski definition) is 6. The quantitative estimate of drug-likeness (QED) is 0.687. The third-order valence-electron chi connectivity index (χ3n) is 5.41. The van der Waals surface area contributed by atoms with Crippen molar-refractivity contribution in [2.45, 2.75) is 47.1 Å². The Morgan fingerprint density at radius 2 is 1.83 bits per heavy atom. The highest BCUT2D eigenvalue weighted by Crippen LogP contribution is 2.35. The van der Waals surface area contributed by atoms with E-state index in [0.29, 0.717) is 5.13 Å². The fraction of sp³-hybridized carbons (Fsp3) is 0.500. The Morgan fingerprint density at radius 3 is 2.38 bits per heavy atom. The van der Waals surface area contributed by atoms with Crippen molar-refractivity contribution in [2.24, 2.45) is 5.92 Å².